The maximum atomic E-state index is 13.8. The van der Waals surface area contributed by atoms with Crippen LogP contribution >= 0.6 is 0 Å². The third kappa shape index (κ3) is 3.21. The molecule has 0 radical (unpaired) electrons. The van der Waals surface area contributed by atoms with Crippen molar-refractivity contribution in [1.29, 1.82) is 0 Å². The third-order valence-corrected chi connectivity index (χ3v) is 3.69. The first-order valence-corrected chi connectivity index (χ1v) is 6.47. The minimum atomic E-state index is -0.185. The van der Waals surface area contributed by atoms with Gasteiger partial charge in [-0.1, -0.05) is 6.07 Å². The molecule has 0 aliphatic carbocycles. The van der Waals surface area contributed by atoms with Crippen LogP contribution in [0, 0.1) is 11.7 Å². The van der Waals surface area contributed by atoms with Crippen LogP contribution in [-0.4, -0.2) is 31.6 Å². The van der Waals surface area contributed by atoms with E-state index in [2.05, 4.69) is 4.90 Å². The first-order valence-electron chi connectivity index (χ1n) is 6.47. The Hall–Kier alpha value is -1.13. The molecule has 1 fully saturated rings. The van der Waals surface area contributed by atoms with E-state index in [1.165, 1.54) is 6.07 Å². The van der Waals surface area contributed by atoms with E-state index in [9.17, 15) is 4.39 Å². The fourth-order valence-electron chi connectivity index (χ4n) is 2.40. The van der Waals surface area contributed by atoms with Gasteiger partial charge in [0.15, 0.2) is 0 Å². The first kappa shape index (κ1) is 13.3. The van der Waals surface area contributed by atoms with Gasteiger partial charge in [-0.25, -0.2) is 4.39 Å². The summed E-state index contributed by atoms with van der Waals surface area (Å²) in [5.41, 5.74) is 6.40. The Morgan fingerprint density at radius 1 is 1.39 bits per heavy atom. The lowest BCUT2D eigenvalue weighted by Gasteiger charge is -2.31. The molecule has 18 heavy (non-hydrogen) atoms. The number of rotatable bonds is 4. The summed E-state index contributed by atoms with van der Waals surface area (Å²) in [5, 5.41) is 0. The average Bonchev–Trinajstić information content (AvgIpc) is 2.42. The minimum absolute atomic E-state index is 0.185. The van der Waals surface area contributed by atoms with Gasteiger partial charge in [-0.2, -0.15) is 0 Å². The highest BCUT2D eigenvalue weighted by atomic mass is 19.1. The Morgan fingerprint density at radius 3 is 2.67 bits per heavy atom. The molecule has 1 saturated heterocycles. The zero-order valence-electron chi connectivity index (χ0n) is 10.9. The molecule has 1 aromatic carbocycles. The number of nitrogens with two attached hydrogens (primary N) is 1. The molecule has 1 aliphatic heterocycles. The van der Waals surface area contributed by atoms with Crippen LogP contribution in [0.4, 0.5) is 4.39 Å². The normalized spacial score (nSPS) is 17.9. The number of likely N-dealkylation sites (tertiary alicyclic amines) is 1. The summed E-state index contributed by atoms with van der Waals surface area (Å²) < 4.78 is 18.8. The minimum Gasteiger partial charge on any atom is -0.497 e. The van der Waals surface area contributed by atoms with Crippen molar-refractivity contribution in [2.75, 3.05) is 26.7 Å². The van der Waals surface area contributed by atoms with Gasteiger partial charge in [0.2, 0.25) is 0 Å². The SMILES string of the molecule is COc1ccc(CN2CCC(CN)CC2)c(F)c1. The number of nitrogens with zero attached hydrogens (tertiary/aromatic N) is 1. The molecule has 0 atom stereocenters. The van der Waals surface area contributed by atoms with Crippen molar-refractivity contribution in [3.63, 3.8) is 0 Å². The Bertz CT molecular complexity index is 389. The molecule has 4 heteroatoms. The van der Waals surface area contributed by atoms with Gasteiger partial charge in [-0.3, -0.25) is 4.90 Å². The number of methoxy groups -OCH3 is 1. The van der Waals surface area contributed by atoms with Crippen LogP contribution in [0.25, 0.3) is 0 Å². The van der Waals surface area contributed by atoms with E-state index >= 15 is 0 Å². The van der Waals surface area contributed by atoms with Crippen molar-refractivity contribution in [3.05, 3.63) is 29.6 Å². The monoisotopic (exact) mass is 252 g/mol. The summed E-state index contributed by atoms with van der Waals surface area (Å²) in [5.74, 6) is 1.02. The molecule has 100 valence electrons. The summed E-state index contributed by atoms with van der Waals surface area (Å²) in [6, 6.07) is 5.07. The molecule has 0 unspecified atom stereocenters. The summed E-state index contributed by atoms with van der Waals surface area (Å²) in [4.78, 5) is 2.29. The van der Waals surface area contributed by atoms with E-state index in [-0.39, 0.29) is 5.82 Å². The highest BCUT2D eigenvalue weighted by molar-refractivity contribution is 5.28. The van der Waals surface area contributed by atoms with Gasteiger partial charge >= 0.3 is 0 Å². The number of hydrogen-bond donors (Lipinski definition) is 1. The topological polar surface area (TPSA) is 38.5 Å². The second-order valence-electron chi connectivity index (χ2n) is 4.91. The van der Waals surface area contributed by atoms with Crippen molar-refractivity contribution in [2.24, 2.45) is 11.7 Å². The highest BCUT2D eigenvalue weighted by Crippen LogP contribution is 2.21. The number of ether oxygens (including phenoxy) is 1. The number of hydrogen-bond acceptors (Lipinski definition) is 3. The lowest BCUT2D eigenvalue weighted by molar-refractivity contribution is 0.178. The fourth-order valence-corrected chi connectivity index (χ4v) is 2.40. The molecule has 0 aromatic heterocycles. The second-order valence-corrected chi connectivity index (χ2v) is 4.91. The molecule has 0 saturated carbocycles. The molecule has 0 amide bonds. The fraction of sp³-hybridized carbons (Fsp3) is 0.571. The predicted octanol–water partition coefficient (Wildman–Crippen LogP) is 2.00. The van der Waals surface area contributed by atoms with Gasteiger partial charge in [0.1, 0.15) is 11.6 Å². The van der Waals surface area contributed by atoms with E-state index in [0.29, 0.717) is 18.2 Å². The average molecular weight is 252 g/mol. The number of halogens is 1. The van der Waals surface area contributed by atoms with Crippen molar-refractivity contribution in [3.8, 4) is 5.75 Å². The molecule has 1 heterocycles. The molecular formula is C14H21FN2O. The van der Waals surface area contributed by atoms with E-state index in [1.807, 2.05) is 12.1 Å². The van der Waals surface area contributed by atoms with Gasteiger partial charge < -0.3 is 10.5 Å². The Morgan fingerprint density at radius 2 is 2.11 bits per heavy atom. The third-order valence-electron chi connectivity index (χ3n) is 3.69. The number of piperidine rings is 1. The molecule has 2 N–H and O–H groups in total. The molecule has 1 aromatic rings. The van der Waals surface area contributed by atoms with Crippen LogP contribution in [0.1, 0.15) is 18.4 Å². The van der Waals surface area contributed by atoms with E-state index in [4.69, 9.17) is 10.5 Å². The van der Waals surface area contributed by atoms with Crippen molar-refractivity contribution in [2.45, 2.75) is 19.4 Å². The van der Waals surface area contributed by atoms with E-state index in [0.717, 1.165) is 38.0 Å². The van der Waals surface area contributed by atoms with Crippen LogP contribution in [0.15, 0.2) is 18.2 Å². The Kier molecular flexibility index (Phi) is 4.55. The number of benzene rings is 1. The van der Waals surface area contributed by atoms with Crippen molar-refractivity contribution >= 4 is 0 Å². The van der Waals surface area contributed by atoms with Gasteiger partial charge in [0, 0.05) is 18.2 Å². The molecule has 1 aliphatic rings. The zero-order chi connectivity index (χ0) is 13.0. The van der Waals surface area contributed by atoms with Crippen LogP contribution < -0.4 is 10.5 Å². The van der Waals surface area contributed by atoms with Crippen LogP contribution in [-0.2, 0) is 6.54 Å². The molecule has 0 bridgehead atoms. The summed E-state index contributed by atoms with van der Waals surface area (Å²) in [6.45, 7) is 3.46. The summed E-state index contributed by atoms with van der Waals surface area (Å²) in [7, 11) is 1.55. The van der Waals surface area contributed by atoms with Crippen LogP contribution in [0.5, 0.6) is 5.75 Å². The maximum Gasteiger partial charge on any atom is 0.131 e. The van der Waals surface area contributed by atoms with Gasteiger partial charge in [-0.15, -0.1) is 0 Å². The lowest BCUT2D eigenvalue weighted by Crippen LogP contribution is -2.35. The maximum absolute atomic E-state index is 13.8. The lowest BCUT2D eigenvalue weighted by atomic mass is 9.97. The summed E-state index contributed by atoms with van der Waals surface area (Å²) >= 11 is 0. The molecule has 2 rings (SSSR count). The van der Waals surface area contributed by atoms with E-state index < -0.39 is 0 Å². The molecule has 3 nitrogen and oxygen atoms in total. The smallest absolute Gasteiger partial charge is 0.131 e. The quantitative estimate of drug-likeness (QED) is 0.891. The van der Waals surface area contributed by atoms with Crippen molar-refractivity contribution in [1.82, 2.24) is 4.90 Å². The Labute approximate surface area is 108 Å². The second kappa shape index (κ2) is 6.16. The van der Waals surface area contributed by atoms with Gasteiger partial charge in [0.05, 0.1) is 7.11 Å². The van der Waals surface area contributed by atoms with Crippen LogP contribution in [0.2, 0.25) is 0 Å². The van der Waals surface area contributed by atoms with Gasteiger partial charge in [0.25, 0.3) is 0 Å². The van der Waals surface area contributed by atoms with E-state index in [1.54, 1.807) is 7.11 Å². The highest BCUT2D eigenvalue weighted by Gasteiger charge is 2.18. The Balaban J connectivity index is 1.94. The first-order chi connectivity index (χ1) is 8.72. The molecule has 0 spiro atoms. The van der Waals surface area contributed by atoms with Gasteiger partial charge in [-0.05, 0) is 44.5 Å². The van der Waals surface area contributed by atoms with Crippen molar-refractivity contribution < 1.29 is 9.13 Å². The largest absolute Gasteiger partial charge is 0.497 e. The predicted molar refractivity (Wildman–Crippen MR) is 70.0 cm³/mol. The standard InChI is InChI=1S/C14H21FN2O/c1-18-13-3-2-12(14(15)8-13)10-17-6-4-11(9-16)5-7-17/h2-3,8,11H,4-7,9-10,16H2,1H3. The van der Waals surface area contributed by atoms with Crippen LogP contribution in [0.3, 0.4) is 0 Å². The molecular weight excluding hydrogens is 231 g/mol. The summed E-state index contributed by atoms with van der Waals surface area (Å²) in [6.07, 6.45) is 2.24. The zero-order valence-corrected chi connectivity index (χ0v) is 10.9.